The van der Waals surface area contributed by atoms with Gasteiger partial charge in [-0.1, -0.05) is 59.3 Å². The number of likely N-dealkylation sites (tertiary alicyclic amines) is 1. The van der Waals surface area contributed by atoms with Crippen LogP contribution in [0.3, 0.4) is 0 Å². The van der Waals surface area contributed by atoms with Gasteiger partial charge in [-0.05, 0) is 56.7 Å². The van der Waals surface area contributed by atoms with Gasteiger partial charge < -0.3 is 14.2 Å². The van der Waals surface area contributed by atoms with E-state index in [0.717, 1.165) is 37.1 Å². The maximum Gasteiger partial charge on any atom is 0.324 e. The predicted molar refractivity (Wildman–Crippen MR) is 128 cm³/mol. The largest absolute Gasteiger partial charge is 0.374 e. The molecule has 6 nitrogen and oxygen atoms in total. The van der Waals surface area contributed by atoms with Gasteiger partial charge in [0.2, 0.25) is 5.88 Å². The van der Waals surface area contributed by atoms with Crippen molar-refractivity contribution in [3.63, 3.8) is 0 Å². The molecule has 172 valence electrons. The molecule has 0 aliphatic carbocycles. The van der Waals surface area contributed by atoms with E-state index < -0.39 is 0 Å². The fraction of sp³-hybridized carbons (Fsp3) is 0.407. The van der Waals surface area contributed by atoms with E-state index in [9.17, 15) is 4.79 Å². The van der Waals surface area contributed by atoms with Crippen LogP contribution in [0.15, 0.2) is 53.1 Å². The Morgan fingerprint density at radius 3 is 2.52 bits per heavy atom. The molecule has 33 heavy (non-hydrogen) atoms. The molecule has 1 aromatic heterocycles. The molecule has 0 radical (unpaired) electrons. The third-order valence-corrected chi connectivity index (χ3v) is 7.29. The molecule has 1 spiro atoms. The number of amides is 2. The maximum atomic E-state index is 12.7. The highest BCUT2D eigenvalue weighted by atomic mass is 16.5. The standard InChI is InChI=1S/C27H31N3O3/c1-18-7-9-21(10-8-18)22-5-4-6-23(15-22)24-16-27(32-17-24)11-13-30(14-12-27)26(31)28-25-19(2)20(3)29-33-25/h4-10,15,24H,11-14,16-17H2,1-3H3,(H,28,31)/t24-/m0/s1. The van der Waals surface area contributed by atoms with Gasteiger partial charge >= 0.3 is 6.03 Å². The molecule has 2 aromatic carbocycles. The van der Waals surface area contributed by atoms with E-state index in [0.29, 0.717) is 24.9 Å². The average molecular weight is 446 g/mol. The molecular formula is C27H31N3O3. The molecule has 2 saturated heterocycles. The summed E-state index contributed by atoms with van der Waals surface area (Å²) in [5.41, 5.74) is 6.62. The summed E-state index contributed by atoms with van der Waals surface area (Å²) < 4.78 is 11.6. The van der Waals surface area contributed by atoms with Crippen molar-refractivity contribution in [2.75, 3.05) is 25.0 Å². The van der Waals surface area contributed by atoms with Crippen LogP contribution in [0, 0.1) is 20.8 Å². The second kappa shape index (κ2) is 8.67. The molecule has 2 aliphatic rings. The summed E-state index contributed by atoms with van der Waals surface area (Å²) in [7, 11) is 0. The zero-order valence-electron chi connectivity index (χ0n) is 19.6. The lowest BCUT2D eigenvalue weighted by molar-refractivity contribution is -0.0355. The van der Waals surface area contributed by atoms with Gasteiger partial charge in [0, 0.05) is 24.6 Å². The molecular weight excluding hydrogens is 414 g/mol. The van der Waals surface area contributed by atoms with Gasteiger partial charge in [0.05, 0.1) is 17.9 Å². The van der Waals surface area contributed by atoms with E-state index in [1.165, 1.54) is 22.3 Å². The van der Waals surface area contributed by atoms with E-state index in [2.05, 4.69) is 65.9 Å². The van der Waals surface area contributed by atoms with Crippen molar-refractivity contribution >= 4 is 11.9 Å². The van der Waals surface area contributed by atoms with Crippen molar-refractivity contribution in [1.29, 1.82) is 0 Å². The van der Waals surface area contributed by atoms with Crippen LogP contribution in [0.25, 0.3) is 11.1 Å². The number of carbonyl (C=O) groups is 1. The lowest BCUT2D eigenvalue weighted by Gasteiger charge is -2.38. The van der Waals surface area contributed by atoms with E-state index >= 15 is 0 Å². The minimum atomic E-state index is -0.139. The first-order chi connectivity index (χ1) is 15.9. The lowest BCUT2D eigenvalue weighted by Crippen LogP contribution is -2.47. The first-order valence-electron chi connectivity index (χ1n) is 11.7. The van der Waals surface area contributed by atoms with E-state index in [1.807, 2.05) is 18.7 Å². The lowest BCUT2D eigenvalue weighted by atomic mass is 9.83. The number of hydrogen-bond acceptors (Lipinski definition) is 4. The highest BCUT2D eigenvalue weighted by Gasteiger charge is 2.44. The molecule has 2 amide bonds. The summed E-state index contributed by atoms with van der Waals surface area (Å²) >= 11 is 0. The van der Waals surface area contributed by atoms with Crippen molar-refractivity contribution in [1.82, 2.24) is 10.1 Å². The molecule has 2 aliphatic heterocycles. The number of benzene rings is 2. The predicted octanol–water partition coefficient (Wildman–Crippen LogP) is 5.84. The second-order valence-corrected chi connectivity index (χ2v) is 9.53. The van der Waals surface area contributed by atoms with Crippen LogP contribution < -0.4 is 5.32 Å². The topological polar surface area (TPSA) is 67.6 Å². The molecule has 0 bridgehead atoms. The summed E-state index contributed by atoms with van der Waals surface area (Å²) in [6.07, 6.45) is 2.70. The number of nitrogens with one attached hydrogen (secondary N) is 1. The van der Waals surface area contributed by atoms with Crippen LogP contribution >= 0.6 is 0 Å². The first-order valence-corrected chi connectivity index (χ1v) is 11.7. The number of rotatable bonds is 3. The minimum absolute atomic E-state index is 0.135. The minimum Gasteiger partial charge on any atom is -0.374 e. The van der Waals surface area contributed by atoms with Crippen LogP contribution in [0.2, 0.25) is 0 Å². The number of aryl methyl sites for hydroxylation is 2. The van der Waals surface area contributed by atoms with Gasteiger partial charge in [0.25, 0.3) is 0 Å². The van der Waals surface area contributed by atoms with Gasteiger partial charge in [-0.2, -0.15) is 0 Å². The van der Waals surface area contributed by atoms with Gasteiger partial charge in [0.15, 0.2) is 0 Å². The Balaban J connectivity index is 1.21. The van der Waals surface area contributed by atoms with Crippen molar-refractivity contribution < 1.29 is 14.1 Å². The van der Waals surface area contributed by atoms with Crippen LogP contribution in [0.5, 0.6) is 0 Å². The van der Waals surface area contributed by atoms with E-state index in [4.69, 9.17) is 9.26 Å². The van der Waals surface area contributed by atoms with Crippen LogP contribution in [-0.4, -0.2) is 41.4 Å². The Kier molecular flexibility index (Phi) is 5.71. The summed E-state index contributed by atoms with van der Waals surface area (Å²) in [5.74, 6) is 0.819. The second-order valence-electron chi connectivity index (χ2n) is 9.53. The molecule has 0 saturated carbocycles. The van der Waals surface area contributed by atoms with Crippen molar-refractivity contribution in [3.8, 4) is 11.1 Å². The van der Waals surface area contributed by atoms with Crippen molar-refractivity contribution in [2.45, 2.75) is 51.6 Å². The Labute approximate surface area is 194 Å². The molecule has 5 rings (SSSR count). The van der Waals surface area contributed by atoms with Crippen molar-refractivity contribution in [3.05, 3.63) is 70.9 Å². The molecule has 0 unspecified atom stereocenters. The molecule has 1 atom stereocenters. The van der Waals surface area contributed by atoms with Crippen LogP contribution in [-0.2, 0) is 4.74 Å². The summed E-state index contributed by atoms with van der Waals surface area (Å²) in [4.78, 5) is 14.5. The Bertz CT molecular complexity index is 1140. The number of anilines is 1. The zero-order valence-corrected chi connectivity index (χ0v) is 19.6. The summed E-state index contributed by atoms with van der Waals surface area (Å²) in [6, 6.07) is 17.4. The zero-order chi connectivity index (χ0) is 23.0. The van der Waals surface area contributed by atoms with Gasteiger partial charge in [0.1, 0.15) is 0 Å². The number of carbonyl (C=O) groups excluding carboxylic acids is 1. The molecule has 2 fully saturated rings. The first kappa shape index (κ1) is 21.7. The van der Waals surface area contributed by atoms with Gasteiger partial charge in [-0.3, -0.25) is 5.32 Å². The number of hydrogen-bond donors (Lipinski definition) is 1. The Morgan fingerprint density at radius 2 is 1.82 bits per heavy atom. The normalized spacial score (nSPS) is 19.7. The SMILES string of the molecule is Cc1ccc(-c2cccc([C@@H]3COC4(CCN(C(=O)Nc5onc(C)c5C)CC4)C3)c2)cc1. The average Bonchev–Trinajstić information content (AvgIpc) is 3.39. The smallest absolute Gasteiger partial charge is 0.324 e. The fourth-order valence-electron chi connectivity index (χ4n) is 4.95. The number of urea groups is 1. The highest BCUT2D eigenvalue weighted by molar-refractivity contribution is 5.88. The molecule has 3 heterocycles. The summed E-state index contributed by atoms with van der Waals surface area (Å²) in [5, 5.41) is 6.77. The highest BCUT2D eigenvalue weighted by Crippen LogP contribution is 2.43. The van der Waals surface area contributed by atoms with Crippen LogP contribution in [0.1, 0.15) is 47.6 Å². The molecule has 1 N–H and O–H groups in total. The maximum absolute atomic E-state index is 12.7. The monoisotopic (exact) mass is 445 g/mol. The summed E-state index contributed by atoms with van der Waals surface area (Å²) in [6.45, 7) is 7.96. The number of piperidine rings is 1. The van der Waals surface area contributed by atoms with Crippen LogP contribution in [0.4, 0.5) is 10.7 Å². The molecule has 3 aromatic rings. The third-order valence-electron chi connectivity index (χ3n) is 7.29. The van der Waals surface area contributed by atoms with Crippen molar-refractivity contribution in [2.24, 2.45) is 0 Å². The number of aromatic nitrogens is 1. The molecule has 6 heteroatoms. The quantitative estimate of drug-likeness (QED) is 0.550. The fourth-order valence-corrected chi connectivity index (χ4v) is 4.95. The van der Waals surface area contributed by atoms with Gasteiger partial charge in [-0.25, -0.2) is 4.79 Å². The number of ether oxygens (including phenoxy) is 1. The van der Waals surface area contributed by atoms with Gasteiger partial charge in [-0.15, -0.1) is 0 Å². The van der Waals surface area contributed by atoms with E-state index in [-0.39, 0.29) is 11.6 Å². The third kappa shape index (κ3) is 4.40. The van der Waals surface area contributed by atoms with E-state index in [1.54, 1.807) is 0 Å². The number of nitrogens with zero attached hydrogens (tertiary/aromatic N) is 2. The Morgan fingerprint density at radius 1 is 1.06 bits per heavy atom. The Hall–Kier alpha value is -3.12.